The maximum Gasteiger partial charge on any atom is 0.410 e. The number of nitrogens with zero attached hydrogens (tertiary/aromatic N) is 2. The summed E-state index contributed by atoms with van der Waals surface area (Å²) in [5.74, 6) is 1.41. The van der Waals surface area contributed by atoms with Crippen molar-refractivity contribution in [2.24, 2.45) is 0 Å². The first-order chi connectivity index (χ1) is 10.8. The number of rotatable bonds is 1. The summed E-state index contributed by atoms with van der Waals surface area (Å²) in [6.07, 6.45) is 1.62. The van der Waals surface area contributed by atoms with E-state index < -0.39 is 5.60 Å². The van der Waals surface area contributed by atoms with Gasteiger partial charge in [-0.25, -0.2) is 9.78 Å². The smallest absolute Gasteiger partial charge is 0.410 e. The van der Waals surface area contributed by atoms with Gasteiger partial charge in [-0.1, -0.05) is 6.07 Å². The number of imidazole rings is 1. The standard InChI is InChI=1S/C18H25N3O2/c1-12-5-6-14-15(11-12)20-16(19-14)13-7-9-21(10-8-13)17(22)23-18(2,3)4/h5-6,11,13H,7-10H2,1-4H3,(H,19,20). The van der Waals surface area contributed by atoms with Crippen LogP contribution in [0.3, 0.4) is 0 Å². The Hall–Kier alpha value is -2.04. The fourth-order valence-corrected chi connectivity index (χ4v) is 3.00. The summed E-state index contributed by atoms with van der Waals surface area (Å²) < 4.78 is 5.44. The Balaban J connectivity index is 1.65. The molecule has 1 aliphatic rings. The maximum absolute atomic E-state index is 12.1. The Morgan fingerprint density at radius 3 is 2.65 bits per heavy atom. The van der Waals surface area contributed by atoms with Crippen molar-refractivity contribution in [3.8, 4) is 0 Å². The highest BCUT2D eigenvalue weighted by atomic mass is 16.6. The van der Waals surface area contributed by atoms with E-state index in [4.69, 9.17) is 9.72 Å². The molecule has 1 saturated heterocycles. The number of carbonyl (C=O) groups is 1. The second-order valence-electron chi connectivity index (χ2n) is 7.38. The Kier molecular flexibility index (Phi) is 4.04. The lowest BCUT2D eigenvalue weighted by atomic mass is 9.96. The SMILES string of the molecule is Cc1ccc2nc(C3CCN(C(=O)OC(C)(C)C)CC3)[nH]c2c1. The van der Waals surface area contributed by atoms with Crippen LogP contribution in [0.15, 0.2) is 18.2 Å². The van der Waals surface area contributed by atoms with Gasteiger partial charge < -0.3 is 14.6 Å². The molecular formula is C18H25N3O2. The molecule has 5 nitrogen and oxygen atoms in total. The molecule has 0 spiro atoms. The van der Waals surface area contributed by atoms with E-state index in [1.54, 1.807) is 4.90 Å². The number of hydrogen-bond donors (Lipinski definition) is 1. The van der Waals surface area contributed by atoms with E-state index >= 15 is 0 Å². The van der Waals surface area contributed by atoms with Crippen LogP contribution in [0.1, 0.15) is 50.9 Å². The van der Waals surface area contributed by atoms with Crippen molar-refractivity contribution in [3.63, 3.8) is 0 Å². The Labute approximate surface area is 137 Å². The number of hydrogen-bond acceptors (Lipinski definition) is 3. The zero-order valence-corrected chi connectivity index (χ0v) is 14.3. The summed E-state index contributed by atoms with van der Waals surface area (Å²) in [6, 6.07) is 6.26. The quantitative estimate of drug-likeness (QED) is 0.865. The molecule has 124 valence electrons. The minimum atomic E-state index is -0.440. The molecule has 1 aliphatic heterocycles. The number of carbonyl (C=O) groups excluding carboxylic acids is 1. The maximum atomic E-state index is 12.1. The van der Waals surface area contributed by atoms with Gasteiger partial charge in [-0.15, -0.1) is 0 Å². The first-order valence-corrected chi connectivity index (χ1v) is 8.26. The van der Waals surface area contributed by atoms with Crippen LogP contribution in [0.25, 0.3) is 11.0 Å². The average molecular weight is 315 g/mol. The van der Waals surface area contributed by atoms with E-state index in [1.807, 2.05) is 20.8 Å². The number of aryl methyl sites for hydroxylation is 1. The number of likely N-dealkylation sites (tertiary alicyclic amines) is 1. The fourth-order valence-electron chi connectivity index (χ4n) is 3.00. The van der Waals surface area contributed by atoms with Crippen LogP contribution in [-0.4, -0.2) is 39.7 Å². The number of fused-ring (bicyclic) bond motifs is 1. The molecular weight excluding hydrogens is 290 g/mol. The van der Waals surface area contributed by atoms with Crippen LogP contribution in [0.5, 0.6) is 0 Å². The number of piperidine rings is 1. The van der Waals surface area contributed by atoms with Gasteiger partial charge in [0, 0.05) is 19.0 Å². The molecule has 3 rings (SSSR count). The average Bonchev–Trinajstić information content (AvgIpc) is 2.88. The van der Waals surface area contributed by atoms with E-state index in [2.05, 4.69) is 30.1 Å². The number of aromatic amines is 1. The molecule has 0 unspecified atom stereocenters. The minimum absolute atomic E-state index is 0.212. The third-order valence-corrected chi connectivity index (χ3v) is 4.19. The van der Waals surface area contributed by atoms with E-state index in [0.29, 0.717) is 5.92 Å². The van der Waals surface area contributed by atoms with Crippen molar-refractivity contribution in [2.75, 3.05) is 13.1 Å². The topological polar surface area (TPSA) is 58.2 Å². The monoisotopic (exact) mass is 315 g/mol. The van der Waals surface area contributed by atoms with Crippen LogP contribution in [-0.2, 0) is 4.74 Å². The summed E-state index contributed by atoms with van der Waals surface area (Å²) >= 11 is 0. The predicted octanol–water partition coefficient (Wildman–Crippen LogP) is 3.99. The van der Waals surface area contributed by atoms with Crippen molar-refractivity contribution in [1.29, 1.82) is 0 Å². The fraction of sp³-hybridized carbons (Fsp3) is 0.556. The highest BCUT2D eigenvalue weighted by Gasteiger charge is 2.28. The van der Waals surface area contributed by atoms with Crippen LogP contribution < -0.4 is 0 Å². The molecule has 0 radical (unpaired) electrons. The molecule has 0 atom stereocenters. The van der Waals surface area contributed by atoms with Gasteiger partial charge in [0.15, 0.2) is 0 Å². The largest absolute Gasteiger partial charge is 0.444 e. The van der Waals surface area contributed by atoms with E-state index in [-0.39, 0.29) is 6.09 Å². The zero-order chi connectivity index (χ0) is 16.6. The molecule has 1 aromatic carbocycles. The van der Waals surface area contributed by atoms with Gasteiger partial charge in [0.25, 0.3) is 0 Å². The molecule has 2 aromatic rings. The van der Waals surface area contributed by atoms with Gasteiger partial charge >= 0.3 is 6.09 Å². The molecule has 2 heterocycles. The van der Waals surface area contributed by atoms with Crippen molar-refractivity contribution in [3.05, 3.63) is 29.6 Å². The number of aromatic nitrogens is 2. The normalized spacial score (nSPS) is 16.8. The first kappa shape index (κ1) is 15.8. The third-order valence-electron chi connectivity index (χ3n) is 4.19. The van der Waals surface area contributed by atoms with Crippen LogP contribution in [0, 0.1) is 6.92 Å². The van der Waals surface area contributed by atoms with Gasteiger partial charge in [0.1, 0.15) is 11.4 Å². The summed E-state index contributed by atoms with van der Waals surface area (Å²) in [7, 11) is 0. The number of ether oxygens (including phenoxy) is 1. The van der Waals surface area contributed by atoms with Crippen molar-refractivity contribution in [1.82, 2.24) is 14.9 Å². The van der Waals surface area contributed by atoms with Gasteiger partial charge in [-0.2, -0.15) is 0 Å². The van der Waals surface area contributed by atoms with Crippen LogP contribution >= 0.6 is 0 Å². The lowest BCUT2D eigenvalue weighted by Gasteiger charge is -2.32. The molecule has 0 saturated carbocycles. The number of benzene rings is 1. The lowest BCUT2D eigenvalue weighted by molar-refractivity contribution is 0.0203. The molecule has 1 fully saturated rings. The summed E-state index contributed by atoms with van der Waals surface area (Å²) in [6.45, 7) is 9.21. The third kappa shape index (κ3) is 3.66. The molecule has 1 amide bonds. The summed E-state index contributed by atoms with van der Waals surface area (Å²) in [5, 5.41) is 0. The van der Waals surface area contributed by atoms with Crippen molar-refractivity contribution >= 4 is 17.1 Å². The number of amides is 1. The van der Waals surface area contributed by atoms with Gasteiger partial charge in [0.2, 0.25) is 0 Å². The second kappa shape index (κ2) is 5.87. The van der Waals surface area contributed by atoms with Gasteiger partial charge in [-0.3, -0.25) is 0 Å². The lowest BCUT2D eigenvalue weighted by Crippen LogP contribution is -2.41. The van der Waals surface area contributed by atoms with E-state index in [9.17, 15) is 4.79 Å². The highest BCUT2D eigenvalue weighted by molar-refractivity contribution is 5.76. The van der Waals surface area contributed by atoms with Crippen molar-refractivity contribution in [2.45, 2.75) is 52.1 Å². The predicted molar refractivity (Wildman–Crippen MR) is 90.6 cm³/mol. The molecule has 5 heteroatoms. The molecule has 0 aliphatic carbocycles. The summed E-state index contributed by atoms with van der Waals surface area (Å²) in [4.78, 5) is 22.1. The number of H-pyrrole nitrogens is 1. The van der Waals surface area contributed by atoms with Gasteiger partial charge in [-0.05, 0) is 58.2 Å². The summed E-state index contributed by atoms with van der Waals surface area (Å²) in [5.41, 5.74) is 2.90. The number of nitrogens with one attached hydrogen (secondary N) is 1. The molecule has 1 N–H and O–H groups in total. The zero-order valence-electron chi connectivity index (χ0n) is 14.3. The Morgan fingerprint density at radius 2 is 2.00 bits per heavy atom. The van der Waals surface area contributed by atoms with Gasteiger partial charge in [0.05, 0.1) is 11.0 Å². The van der Waals surface area contributed by atoms with Crippen molar-refractivity contribution < 1.29 is 9.53 Å². The van der Waals surface area contributed by atoms with E-state index in [0.717, 1.165) is 42.8 Å². The minimum Gasteiger partial charge on any atom is -0.444 e. The van der Waals surface area contributed by atoms with E-state index in [1.165, 1.54) is 5.56 Å². The van der Waals surface area contributed by atoms with Crippen LogP contribution in [0.2, 0.25) is 0 Å². The molecule has 0 bridgehead atoms. The molecule has 1 aromatic heterocycles. The molecule has 23 heavy (non-hydrogen) atoms. The van der Waals surface area contributed by atoms with Crippen LogP contribution in [0.4, 0.5) is 4.79 Å². The Bertz CT molecular complexity index is 707. The first-order valence-electron chi connectivity index (χ1n) is 8.26. The highest BCUT2D eigenvalue weighted by Crippen LogP contribution is 2.28. The Morgan fingerprint density at radius 1 is 1.30 bits per heavy atom. The second-order valence-corrected chi connectivity index (χ2v) is 7.38.